The van der Waals surface area contributed by atoms with E-state index in [2.05, 4.69) is 33.4 Å². The van der Waals surface area contributed by atoms with E-state index >= 15 is 0 Å². The van der Waals surface area contributed by atoms with Crippen molar-refractivity contribution in [2.75, 3.05) is 7.11 Å². The third kappa shape index (κ3) is 3.51. The number of rotatable bonds is 6. The van der Waals surface area contributed by atoms with Crippen LogP contribution in [0, 0.1) is 0 Å². The smallest absolute Gasteiger partial charge is 0.0710 e. The second-order valence-corrected chi connectivity index (χ2v) is 5.44. The Morgan fingerprint density at radius 3 is 2.76 bits per heavy atom. The fraction of sp³-hybridized carbons (Fsp3) is 0.727. The van der Waals surface area contributed by atoms with Gasteiger partial charge in [0.1, 0.15) is 0 Å². The van der Waals surface area contributed by atoms with Crippen LogP contribution >= 0.6 is 15.9 Å². The average molecular weight is 305 g/mol. The summed E-state index contributed by atoms with van der Waals surface area (Å²) in [7, 11) is 1.71. The number of aryl methyl sites for hydroxylation is 1. The van der Waals surface area contributed by atoms with E-state index in [1.54, 1.807) is 13.3 Å². The highest BCUT2D eigenvalue weighted by Crippen LogP contribution is 2.30. The number of halogens is 1. The van der Waals surface area contributed by atoms with Crippen LogP contribution in [0.25, 0.3) is 0 Å². The lowest BCUT2D eigenvalue weighted by Crippen LogP contribution is -2.36. The van der Waals surface area contributed by atoms with Crippen LogP contribution in [0.5, 0.6) is 0 Å². The fourth-order valence-electron chi connectivity index (χ4n) is 1.78. The van der Waals surface area contributed by atoms with E-state index in [4.69, 9.17) is 10.6 Å². The second-order valence-electron chi connectivity index (χ2n) is 4.58. The van der Waals surface area contributed by atoms with E-state index in [1.807, 2.05) is 18.5 Å². The third-order valence-corrected chi connectivity index (χ3v) is 3.52. The van der Waals surface area contributed by atoms with Gasteiger partial charge in [-0.2, -0.15) is 5.10 Å². The zero-order valence-electron chi connectivity index (χ0n) is 10.8. The molecule has 1 rings (SSSR count). The lowest BCUT2D eigenvalue weighted by Gasteiger charge is -2.28. The molecule has 3 N–H and O–H groups in total. The van der Waals surface area contributed by atoms with Crippen molar-refractivity contribution in [3.8, 4) is 0 Å². The molecule has 6 heteroatoms. The molecule has 0 aliphatic carbocycles. The largest absolute Gasteiger partial charge is 0.379 e. The van der Waals surface area contributed by atoms with Crippen molar-refractivity contribution in [3.63, 3.8) is 0 Å². The summed E-state index contributed by atoms with van der Waals surface area (Å²) in [5, 5.41) is 4.29. The molecule has 1 aromatic rings. The van der Waals surface area contributed by atoms with E-state index < -0.39 is 0 Å². The van der Waals surface area contributed by atoms with Crippen LogP contribution in [-0.4, -0.2) is 22.5 Å². The molecule has 0 amide bonds. The average Bonchev–Trinajstić information content (AvgIpc) is 2.67. The normalized spacial score (nSPS) is 14.0. The Balaban J connectivity index is 2.97. The van der Waals surface area contributed by atoms with Gasteiger partial charge in [0.25, 0.3) is 0 Å². The van der Waals surface area contributed by atoms with Crippen molar-refractivity contribution in [2.45, 2.75) is 45.4 Å². The Hall–Kier alpha value is -0.430. The molecule has 98 valence electrons. The van der Waals surface area contributed by atoms with E-state index in [1.165, 1.54) is 0 Å². The molecule has 1 atom stereocenters. The summed E-state index contributed by atoms with van der Waals surface area (Å²) >= 11 is 3.51. The third-order valence-electron chi connectivity index (χ3n) is 2.91. The highest BCUT2D eigenvalue weighted by Gasteiger charge is 2.27. The van der Waals surface area contributed by atoms with Gasteiger partial charge in [0, 0.05) is 13.7 Å². The molecule has 0 fully saturated rings. The fourth-order valence-corrected chi connectivity index (χ4v) is 2.35. The van der Waals surface area contributed by atoms with Gasteiger partial charge in [-0.1, -0.05) is 0 Å². The van der Waals surface area contributed by atoms with Gasteiger partial charge >= 0.3 is 0 Å². The topological polar surface area (TPSA) is 65.1 Å². The van der Waals surface area contributed by atoms with Crippen LogP contribution in [0.2, 0.25) is 0 Å². The number of hydrazine groups is 1. The predicted octanol–water partition coefficient (Wildman–Crippen LogP) is 1.98. The number of nitrogens with one attached hydrogen (secondary N) is 1. The van der Waals surface area contributed by atoms with Gasteiger partial charge in [0.15, 0.2) is 0 Å². The van der Waals surface area contributed by atoms with Crippen molar-refractivity contribution in [1.29, 1.82) is 0 Å². The van der Waals surface area contributed by atoms with E-state index in [0.717, 1.165) is 23.1 Å². The lowest BCUT2D eigenvalue weighted by molar-refractivity contribution is 0.00604. The number of hydrogen-bond acceptors (Lipinski definition) is 4. The number of methoxy groups -OCH3 is 1. The van der Waals surface area contributed by atoms with Crippen molar-refractivity contribution in [1.82, 2.24) is 15.2 Å². The molecule has 1 heterocycles. The zero-order valence-corrected chi connectivity index (χ0v) is 12.4. The second kappa shape index (κ2) is 5.95. The lowest BCUT2D eigenvalue weighted by atomic mass is 9.97. The molecular weight excluding hydrogens is 284 g/mol. The number of nitrogens with zero attached hydrogens (tertiary/aromatic N) is 2. The molecule has 0 bridgehead atoms. The first-order valence-electron chi connectivity index (χ1n) is 5.67. The van der Waals surface area contributed by atoms with Gasteiger partial charge in [-0.05, 0) is 43.1 Å². The quantitative estimate of drug-likeness (QED) is 0.623. The molecule has 0 saturated carbocycles. The van der Waals surface area contributed by atoms with Crippen LogP contribution in [0.3, 0.4) is 0 Å². The standard InChI is InChI=1S/C11H21BrN4O/c1-5-16-10(8(12)7-14-16)9(15-13)6-11(2,3)17-4/h7,9,15H,5-6,13H2,1-4H3. The van der Waals surface area contributed by atoms with Gasteiger partial charge in [0.2, 0.25) is 0 Å². The number of hydrogen-bond donors (Lipinski definition) is 2. The molecule has 0 aromatic carbocycles. The summed E-state index contributed by atoms with van der Waals surface area (Å²) in [6.07, 6.45) is 2.56. The van der Waals surface area contributed by atoms with Crippen molar-refractivity contribution in [3.05, 3.63) is 16.4 Å². The van der Waals surface area contributed by atoms with Crippen LogP contribution in [0.1, 0.15) is 38.9 Å². The van der Waals surface area contributed by atoms with Gasteiger partial charge in [-0.25, -0.2) is 0 Å². The van der Waals surface area contributed by atoms with Crippen molar-refractivity contribution >= 4 is 15.9 Å². The van der Waals surface area contributed by atoms with Gasteiger partial charge in [-0.3, -0.25) is 16.0 Å². The van der Waals surface area contributed by atoms with Crippen molar-refractivity contribution < 1.29 is 4.74 Å². The van der Waals surface area contributed by atoms with Crippen LogP contribution in [-0.2, 0) is 11.3 Å². The molecular formula is C11H21BrN4O. The minimum atomic E-state index is -0.237. The Kier molecular flexibility index (Phi) is 5.12. The van der Waals surface area contributed by atoms with Crippen molar-refractivity contribution in [2.24, 2.45) is 5.84 Å². The number of nitrogens with two attached hydrogens (primary N) is 1. The summed E-state index contributed by atoms with van der Waals surface area (Å²) in [6.45, 7) is 6.94. The first-order chi connectivity index (χ1) is 7.95. The van der Waals surface area contributed by atoms with Gasteiger partial charge in [0.05, 0.1) is 28.0 Å². The maximum atomic E-state index is 5.65. The summed E-state index contributed by atoms with van der Waals surface area (Å²) in [6, 6.07) is 0.00164. The molecule has 17 heavy (non-hydrogen) atoms. The summed E-state index contributed by atoms with van der Waals surface area (Å²) < 4.78 is 8.34. The minimum absolute atomic E-state index is 0.00164. The van der Waals surface area contributed by atoms with Gasteiger partial charge in [-0.15, -0.1) is 0 Å². The Morgan fingerprint density at radius 2 is 2.29 bits per heavy atom. The first kappa shape index (κ1) is 14.6. The summed E-state index contributed by atoms with van der Waals surface area (Å²) in [4.78, 5) is 0. The Morgan fingerprint density at radius 1 is 1.65 bits per heavy atom. The van der Waals surface area contributed by atoms with Crippen LogP contribution in [0.4, 0.5) is 0 Å². The van der Waals surface area contributed by atoms with E-state index in [0.29, 0.717) is 0 Å². The monoisotopic (exact) mass is 304 g/mol. The molecule has 0 aliphatic rings. The summed E-state index contributed by atoms with van der Waals surface area (Å²) in [5.74, 6) is 5.65. The first-order valence-corrected chi connectivity index (χ1v) is 6.47. The van der Waals surface area contributed by atoms with E-state index in [-0.39, 0.29) is 11.6 Å². The van der Waals surface area contributed by atoms with Crippen LogP contribution < -0.4 is 11.3 Å². The van der Waals surface area contributed by atoms with E-state index in [9.17, 15) is 0 Å². The SMILES string of the molecule is CCn1ncc(Br)c1C(CC(C)(C)OC)NN. The minimum Gasteiger partial charge on any atom is -0.379 e. The molecule has 0 spiro atoms. The Bertz CT molecular complexity index is 364. The molecule has 0 aliphatic heterocycles. The maximum absolute atomic E-state index is 5.65. The Labute approximate surface area is 111 Å². The highest BCUT2D eigenvalue weighted by molar-refractivity contribution is 9.10. The molecule has 0 radical (unpaired) electrons. The van der Waals surface area contributed by atoms with Gasteiger partial charge < -0.3 is 4.74 Å². The number of aromatic nitrogens is 2. The summed E-state index contributed by atoms with van der Waals surface area (Å²) in [5.41, 5.74) is 3.66. The molecule has 1 aromatic heterocycles. The molecule has 1 unspecified atom stereocenters. The number of ether oxygens (including phenoxy) is 1. The highest BCUT2D eigenvalue weighted by atomic mass is 79.9. The maximum Gasteiger partial charge on any atom is 0.0710 e. The molecule has 0 saturated heterocycles. The molecule has 5 nitrogen and oxygen atoms in total. The zero-order chi connectivity index (χ0) is 13.1. The predicted molar refractivity (Wildman–Crippen MR) is 71.4 cm³/mol. The van der Waals surface area contributed by atoms with Crippen LogP contribution in [0.15, 0.2) is 10.7 Å².